The number of halogens is 1. The van der Waals surface area contributed by atoms with E-state index < -0.39 is 11.7 Å². The standard InChI is InChI=1S/C19H20ClNO3/c1-2-24-17-12-6-14(7-13-17)4-3-5-18(22)19(23)21-16-10-8-15(20)9-11-16/h6-13H,2-5H2,1H3,(H,21,23). The Hall–Kier alpha value is -2.33. The summed E-state index contributed by atoms with van der Waals surface area (Å²) in [5, 5.41) is 3.15. The molecule has 0 fully saturated rings. The van der Waals surface area contributed by atoms with Gasteiger partial charge in [-0.2, -0.15) is 0 Å². The SMILES string of the molecule is CCOc1ccc(CCCC(=O)C(=O)Nc2ccc(Cl)cc2)cc1. The van der Waals surface area contributed by atoms with Crippen LogP contribution in [0.2, 0.25) is 5.02 Å². The molecule has 0 saturated carbocycles. The zero-order chi connectivity index (χ0) is 17.4. The fourth-order valence-corrected chi connectivity index (χ4v) is 2.35. The maximum atomic E-state index is 11.9. The van der Waals surface area contributed by atoms with Crippen molar-refractivity contribution in [3.05, 3.63) is 59.1 Å². The molecule has 0 radical (unpaired) electrons. The lowest BCUT2D eigenvalue weighted by molar-refractivity contribution is -0.134. The van der Waals surface area contributed by atoms with Crippen LogP contribution in [0.1, 0.15) is 25.3 Å². The highest BCUT2D eigenvalue weighted by atomic mass is 35.5. The first-order valence-electron chi connectivity index (χ1n) is 7.90. The molecule has 1 N–H and O–H groups in total. The van der Waals surface area contributed by atoms with Crippen molar-refractivity contribution in [1.29, 1.82) is 0 Å². The molecular weight excluding hydrogens is 326 g/mol. The summed E-state index contributed by atoms with van der Waals surface area (Å²) < 4.78 is 5.38. The molecule has 0 bridgehead atoms. The number of carbonyl (C=O) groups excluding carboxylic acids is 2. The maximum Gasteiger partial charge on any atom is 0.291 e. The van der Waals surface area contributed by atoms with Crippen molar-refractivity contribution in [1.82, 2.24) is 0 Å². The van der Waals surface area contributed by atoms with E-state index in [9.17, 15) is 9.59 Å². The highest BCUT2D eigenvalue weighted by Crippen LogP contribution is 2.15. The minimum absolute atomic E-state index is 0.215. The third-order valence-electron chi connectivity index (χ3n) is 3.46. The minimum Gasteiger partial charge on any atom is -0.494 e. The summed E-state index contributed by atoms with van der Waals surface area (Å²) in [5.41, 5.74) is 1.67. The van der Waals surface area contributed by atoms with Crippen molar-refractivity contribution in [2.45, 2.75) is 26.2 Å². The number of ketones is 1. The molecule has 0 atom stereocenters. The number of hydrogen-bond donors (Lipinski definition) is 1. The normalized spacial score (nSPS) is 10.2. The first-order valence-corrected chi connectivity index (χ1v) is 8.27. The van der Waals surface area contributed by atoms with E-state index in [1.54, 1.807) is 24.3 Å². The molecule has 0 aliphatic carbocycles. The van der Waals surface area contributed by atoms with E-state index in [2.05, 4.69) is 5.32 Å². The van der Waals surface area contributed by atoms with Gasteiger partial charge in [0.1, 0.15) is 5.75 Å². The van der Waals surface area contributed by atoms with E-state index in [0.29, 0.717) is 23.7 Å². The molecule has 0 heterocycles. The van der Waals surface area contributed by atoms with Crippen LogP contribution < -0.4 is 10.1 Å². The molecule has 5 heteroatoms. The zero-order valence-corrected chi connectivity index (χ0v) is 14.3. The molecule has 2 rings (SSSR count). The van der Waals surface area contributed by atoms with Gasteiger partial charge in [-0.1, -0.05) is 23.7 Å². The van der Waals surface area contributed by atoms with Crippen molar-refractivity contribution in [2.75, 3.05) is 11.9 Å². The predicted octanol–water partition coefficient (Wildman–Crippen LogP) is 4.27. The fourth-order valence-electron chi connectivity index (χ4n) is 2.22. The van der Waals surface area contributed by atoms with Gasteiger partial charge in [0.2, 0.25) is 5.78 Å². The van der Waals surface area contributed by atoms with Crippen molar-refractivity contribution in [2.24, 2.45) is 0 Å². The van der Waals surface area contributed by atoms with Crippen LogP contribution in [-0.4, -0.2) is 18.3 Å². The van der Waals surface area contributed by atoms with Crippen LogP contribution in [0.15, 0.2) is 48.5 Å². The fraction of sp³-hybridized carbons (Fsp3) is 0.263. The van der Waals surface area contributed by atoms with Crippen LogP contribution in [-0.2, 0) is 16.0 Å². The quantitative estimate of drug-likeness (QED) is 0.727. The molecule has 0 aromatic heterocycles. The summed E-state index contributed by atoms with van der Waals surface area (Å²) in [4.78, 5) is 23.7. The molecule has 0 spiro atoms. The summed E-state index contributed by atoms with van der Waals surface area (Å²) in [6.07, 6.45) is 1.58. The monoisotopic (exact) mass is 345 g/mol. The Morgan fingerprint density at radius 1 is 1.04 bits per heavy atom. The average molecular weight is 346 g/mol. The average Bonchev–Trinajstić information content (AvgIpc) is 2.58. The number of carbonyl (C=O) groups is 2. The summed E-state index contributed by atoms with van der Waals surface area (Å²) in [5.74, 6) is -0.181. The van der Waals surface area contributed by atoms with Gasteiger partial charge in [0, 0.05) is 17.1 Å². The largest absolute Gasteiger partial charge is 0.494 e. The molecule has 2 aromatic rings. The molecule has 126 valence electrons. The maximum absolute atomic E-state index is 11.9. The topological polar surface area (TPSA) is 55.4 Å². The summed E-state index contributed by atoms with van der Waals surface area (Å²) in [6.45, 7) is 2.57. The highest BCUT2D eigenvalue weighted by Gasteiger charge is 2.13. The summed E-state index contributed by atoms with van der Waals surface area (Å²) in [7, 11) is 0. The van der Waals surface area contributed by atoms with Gasteiger partial charge in [-0.25, -0.2) is 0 Å². The molecule has 1 amide bonds. The Kier molecular flexibility index (Phi) is 6.82. The van der Waals surface area contributed by atoms with Gasteiger partial charge in [0.05, 0.1) is 6.61 Å². The van der Waals surface area contributed by atoms with Crippen LogP contribution >= 0.6 is 11.6 Å². The molecule has 2 aromatic carbocycles. The van der Waals surface area contributed by atoms with E-state index in [1.165, 1.54) is 0 Å². The minimum atomic E-state index is -0.594. The number of ether oxygens (including phenoxy) is 1. The molecular formula is C19H20ClNO3. The van der Waals surface area contributed by atoms with Gasteiger partial charge in [-0.3, -0.25) is 9.59 Å². The summed E-state index contributed by atoms with van der Waals surface area (Å²) >= 11 is 5.78. The molecule has 0 unspecified atom stereocenters. The third-order valence-corrected chi connectivity index (χ3v) is 3.71. The first-order chi connectivity index (χ1) is 11.6. The van der Waals surface area contributed by atoms with Crippen molar-refractivity contribution >= 4 is 29.0 Å². The van der Waals surface area contributed by atoms with Crippen molar-refractivity contribution < 1.29 is 14.3 Å². The lowest BCUT2D eigenvalue weighted by Gasteiger charge is -2.06. The van der Waals surface area contributed by atoms with Gasteiger partial charge < -0.3 is 10.1 Å². The van der Waals surface area contributed by atoms with Crippen LogP contribution in [0.4, 0.5) is 5.69 Å². The number of hydrogen-bond acceptors (Lipinski definition) is 3. The molecule has 24 heavy (non-hydrogen) atoms. The number of benzene rings is 2. The number of rotatable bonds is 8. The van der Waals surface area contributed by atoms with E-state index >= 15 is 0 Å². The number of anilines is 1. The van der Waals surface area contributed by atoms with Crippen LogP contribution in [0, 0.1) is 0 Å². The molecule has 0 aliphatic rings. The van der Waals surface area contributed by atoms with E-state index in [-0.39, 0.29) is 6.42 Å². The summed E-state index contributed by atoms with van der Waals surface area (Å²) in [6, 6.07) is 14.4. The number of Topliss-reactive ketones (excluding diaryl/α,β-unsaturated/α-hetero) is 1. The van der Waals surface area contributed by atoms with Crippen molar-refractivity contribution in [3.63, 3.8) is 0 Å². The predicted molar refractivity (Wildman–Crippen MR) is 95.6 cm³/mol. The van der Waals surface area contributed by atoms with Crippen molar-refractivity contribution in [3.8, 4) is 5.75 Å². The van der Waals surface area contributed by atoms with Gasteiger partial charge in [-0.15, -0.1) is 0 Å². The van der Waals surface area contributed by atoms with Gasteiger partial charge in [0.15, 0.2) is 0 Å². The van der Waals surface area contributed by atoms with Crippen LogP contribution in [0.3, 0.4) is 0 Å². The zero-order valence-electron chi connectivity index (χ0n) is 13.5. The number of nitrogens with one attached hydrogen (secondary N) is 1. The van der Waals surface area contributed by atoms with Gasteiger partial charge >= 0.3 is 0 Å². The molecule has 0 aliphatic heterocycles. The lowest BCUT2D eigenvalue weighted by Crippen LogP contribution is -2.22. The van der Waals surface area contributed by atoms with Crippen LogP contribution in [0.25, 0.3) is 0 Å². The van der Waals surface area contributed by atoms with Gasteiger partial charge in [0.25, 0.3) is 5.91 Å². The Labute approximate surface area is 146 Å². The second-order valence-electron chi connectivity index (χ2n) is 5.31. The lowest BCUT2D eigenvalue weighted by atomic mass is 10.1. The number of aryl methyl sites for hydroxylation is 1. The Balaban J connectivity index is 1.75. The van der Waals surface area contributed by atoms with Gasteiger partial charge in [-0.05, 0) is 61.7 Å². The molecule has 0 saturated heterocycles. The molecule has 4 nitrogen and oxygen atoms in total. The Morgan fingerprint density at radius 3 is 2.33 bits per heavy atom. The first kappa shape index (κ1) is 18.0. The number of amides is 1. The smallest absolute Gasteiger partial charge is 0.291 e. The van der Waals surface area contributed by atoms with E-state index in [4.69, 9.17) is 16.3 Å². The second-order valence-corrected chi connectivity index (χ2v) is 5.75. The van der Waals surface area contributed by atoms with E-state index in [1.807, 2.05) is 31.2 Å². The highest BCUT2D eigenvalue weighted by molar-refractivity contribution is 6.40. The van der Waals surface area contributed by atoms with Crippen LogP contribution in [0.5, 0.6) is 5.75 Å². The third kappa shape index (κ3) is 5.70. The second kappa shape index (κ2) is 9.08. The Bertz CT molecular complexity index is 681. The van der Waals surface area contributed by atoms with E-state index in [0.717, 1.165) is 17.7 Å². The Morgan fingerprint density at radius 2 is 1.71 bits per heavy atom.